The topological polar surface area (TPSA) is 65.0 Å². The minimum absolute atomic E-state index is 0.658. The zero-order valence-electron chi connectivity index (χ0n) is 12.0. The number of hydrogen-bond donors (Lipinski definition) is 1. The lowest BCUT2D eigenvalue weighted by Gasteiger charge is -2.28. The van der Waals surface area contributed by atoms with E-state index in [-0.39, 0.29) is 0 Å². The first kappa shape index (κ1) is 23.3. The molecule has 1 N–H and O–H groups in total. The summed E-state index contributed by atoms with van der Waals surface area (Å²) in [4.78, 5) is 10.9. The Morgan fingerprint density at radius 2 is 1.44 bits per heavy atom. The Morgan fingerprint density at radius 3 is 1.84 bits per heavy atom. The van der Waals surface area contributed by atoms with Crippen molar-refractivity contribution in [3.63, 3.8) is 0 Å². The van der Waals surface area contributed by atoms with E-state index in [1.807, 2.05) is 0 Å². The highest BCUT2D eigenvalue weighted by molar-refractivity contribution is 5.75. The van der Waals surface area contributed by atoms with Crippen LogP contribution in [-0.2, 0) is 19.0 Å². The highest BCUT2D eigenvalue weighted by Gasteiger charge is 2.69. The number of hydrogen-bond acceptors (Lipinski definition) is 5. The van der Waals surface area contributed by atoms with E-state index in [0.29, 0.717) is 0 Å². The lowest BCUT2D eigenvalue weighted by molar-refractivity contribution is -0.524. The summed E-state index contributed by atoms with van der Waals surface area (Å²) in [5.41, 5.74) is -1.94. The van der Waals surface area contributed by atoms with Gasteiger partial charge in [-0.3, -0.25) is 0 Å². The summed E-state index contributed by atoms with van der Waals surface area (Å²) in [6.45, 7) is -0.0886. The fraction of sp³-hybridized carbons (Fsp3) is 0.727. The summed E-state index contributed by atoms with van der Waals surface area (Å²) in [5, 5.41) is 9.25. The maximum atomic E-state index is 13.0. The first-order valence-electron chi connectivity index (χ1n) is 5.83. The molecule has 25 heavy (non-hydrogen) atoms. The first-order chi connectivity index (χ1) is 10.9. The molecule has 0 aliphatic rings. The first-order valence-corrected chi connectivity index (χ1v) is 5.83. The molecule has 0 aromatic rings. The highest BCUT2D eigenvalue weighted by atomic mass is 19.4. The number of carbonyl (C=O) groups excluding carboxylic acids is 1. The Balaban J connectivity index is 4.98. The number of aliphatic hydroxyl groups is 1. The Labute approximate surface area is 133 Å². The molecule has 5 nitrogen and oxygen atoms in total. The van der Waals surface area contributed by atoms with Gasteiger partial charge in [-0.15, -0.1) is 19.6 Å². The normalized spacial score (nSPS) is 16.1. The van der Waals surface area contributed by atoms with Crippen LogP contribution in [0.25, 0.3) is 0 Å². The Morgan fingerprint density at radius 1 is 1.00 bits per heavy atom. The quantitative estimate of drug-likeness (QED) is 0.391. The van der Waals surface area contributed by atoms with Gasteiger partial charge in [0, 0.05) is 6.42 Å². The maximum Gasteiger partial charge on any atom is 0.527 e. The second-order valence-electron chi connectivity index (χ2n) is 4.50. The van der Waals surface area contributed by atoms with Crippen LogP contribution in [0.4, 0.5) is 39.5 Å². The van der Waals surface area contributed by atoms with E-state index < -0.39 is 49.3 Å². The summed E-state index contributed by atoms with van der Waals surface area (Å²) in [5.74, 6) is -1.20. The molecule has 0 aliphatic heterocycles. The van der Waals surface area contributed by atoms with Crippen LogP contribution in [0.15, 0.2) is 0 Å². The fourth-order valence-corrected chi connectivity index (χ4v) is 0.965. The summed E-state index contributed by atoms with van der Waals surface area (Å²) in [6, 6.07) is 0. The van der Waals surface area contributed by atoms with Crippen LogP contribution >= 0.6 is 0 Å². The third-order valence-electron chi connectivity index (χ3n) is 2.21. The number of halogens is 9. The molecule has 1 unspecified atom stereocenters. The van der Waals surface area contributed by atoms with E-state index in [1.165, 1.54) is 0 Å². The molecular weight excluding hydrogens is 383 g/mol. The van der Waals surface area contributed by atoms with Crippen LogP contribution in [0.1, 0.15) is 13.3 Å². The molecule has 0 saturated carbocycles. The highest BCUT2D eigenvalue weighted by Crippen LogP contribution is 2.43. The Bertz CT molecular complexity index is 521. The minimum atomic E-state index is -6.58. The average molecular weight is 392 g/mol. The molecule has 0 heterocycles. The number of rotatable bonds is 8. The van der Waals surface area contributed by atoms with Crippen LogP contribution in [0.5, 0.6) is 0 Å². The van der Waals surface area contributed by atoms with Crippen molar-refractivity contribution in [1.29, 1.82) is 0 Å². The van der Waals surface area contributed by atoms with E-state index in [4.69, 9.17) is 6.42 Å². The second kappa shape index (κ2) is 7.26. The van der Waals surface area contributed by atoms with E-state index in [0.717, 1.165) is 6.92 Å². The fourth-order valence-electron chi connectivity index (χ4n) is 0.965. The molecule has 14 heteroatoms. The van der Waals surface area contributed by atoms with Crippen LogP contribution < -0.4 is 0 Å². The summed E-state index contributed by atoms with van der Waals surface area (Å²) in [6.07, 6.45) is -21.1. The van der Waals surface area contributed by atoms with Crippen LogP contribution in [-0.4, -0.2) is 48.0 Å². The monoisotopic (exact) mass is 392 g/mol. The molecular formula is C11H9F9O5. The zero-order chi connectivity index (χ0) is 20.3. The molecule has 0 aromatic carbocycles. The Kier molecular flexibility index (Phi) is 6.76. The van der Waals surface area contributed by atoms with Gasteiger partial charge in [0.2, 0.25) is 0 Å². The van der Waals surface area contributed by atoms with Gasteiger partial charge in [0.05, 0.1) is 6.61 Å². The van der Waals surface area contributed by atoms with Crippen molar-refractivity contribution in [1.82, 2.24) is 0 Å². The molecule has 0 aliphatic carbocycles. The molecule has 0 rings (SSSR count). The number of ether oxygens (including phenoxy) is 3. The average Bonchev–Trinajstić information content (AvgIpc) is 2.34. The van der Waals surface area contributed by atoms with Gasteiger partial charge in [0.1, 0.15) is 5.60 Å². The van der Waals surface area contributed by atoms with E-state index >= 15 is 0 Å². The van der Waals surface area contributed by atoms with Crippen LogP contribution in [0, 0.1) is 12.3 Å². The third-order valence-corrected chi connectivity index (χ3v) is 2.21. The third kappa shape index (κ3) is 7.36. The van der Waals surface area contributed by atoms with Crippen molar-refractivity contribution >= 4 is 5.97 Å². The standard InChI is InChI=1S/C11H9F9O5/c1-3-7(2,22)4-5-23-6(21)8(12,13)24-9(14,15)10(16,17)25-11(18,19)20/h1,22H,4-5H2,2H3. The van der Waals surface area contributed by atoms with E-state index in [9.17, 15) is 49.4 Å². The molecule has 146 valence electrons. The molecule has 0 bridgehead atoms. The maximum absolute atomic E-state index is 13.0. The predicted molar refractivity (Wildman–Crippen MR) is 58.1 cm³/mol. The molecule has 1 atom stereocenters. The van der Waals surface area contributed by atoms with Crippen LogP contribution in [0.2, 0.25) is 0 Å². The van der Waals surface area contributed by atoms with Crippen molar-refractivity contribution in [2.45, 2.75) is 43.6 Å². The largest absolute Gasteiger partial charge is 0.527 e. The smallest absolute Gasteiger partial charge is 0.459 e. The van der Waals surface area contributed by atoms with Crippen molar-refractivity contribution in [3.8, 4) is 12.3 Å². The molecule has 0 fully saturated rings. The summed E-state index contributed by atoms with van der Waals surface area (Å²) >= 11 is 0. The van der Waals surface area contributed by atoms with Gasteiger partial charge in [0.25, 0.3) is 0 Å². The van der Waals surface area contributed by atoms with Gasteiger partial charge in [-0.25, -0.2) is 14.3 Å². The SMILES string of the molecule is C#CC(C)(O)CCOC(=O)C(F)(F)OC(F)(F)C(F)(F)OC(F)(F)F. The van der Waals surface area contributed by atoms with Crippen molar-refractivity contribution in [2.75, 3.05) is 6.61 Å². The second-order valence-corrected chi connectivity index (χ2v) is 4.50. The van der Waals surface area contributed by atoms with E-state index in [1.54, 1.807) is 10.7 Å². The van der Waals surface area contributed by atoms with Crippen molar-refractivity contribution in [2.24, 2.45) is 0 Å². The van der Waals surface area contributed by atoms with Crippen molar-refractivity contribution < 1.29 is 63.6 Å². The zero-order valence-corrected chi connectivity index (χ0v) is 12.0. The van der Waals surface area contributed by atoms with Gasteiger partial charge in [-0.05, 0) is 6.92 Å². The van der Waals surface area contributed by atoms with Gasteiger partial charge >= 0.3 is 30.7 Å². The predicted octanol–water partition coefficient (Wildman–Crippen LogP) is 2.64. The van der Waals surface area contributed by atoms with Crippen molar-refractivity contribution in [3.05, 3.63) is 0 Å². The summed E-state index contributed by atoms with van der Waals surface area (Å²) in [7, 11) is 0. The number of carbonyl (C=O) groups is 1. The van der Waals surface area contributed by atoms with Gasteiger partial charge < -0.3 is 9.84 Å². The lowest BCUT2D eigenvalue weighted by atomic mass is 10.1. The van der Waals surface area contributed by atoms with Crippen LogP contribution in [0.3, 0.4) is 0 Å². The van der Waals surface area contributed by atoms with E-state index in [2.05, 4.69) is 9.47 Å². The number of terminal acetylenes is 1. The molecule has 0 aromatic heterocycles. The van der Waals surface area contributed by atoms with Gasteiger partial charge in [0.15, 0.2) is 0 Å². The minimum Gasteiger partial charge on any atom is -0.459 e. The molecule has 0 amide bonds. The number of esters is 1. The van der Waals surface area contributed by atoms with Gasteiger partial charge in [-0.2, -0.15) is 26.3 Å². The molecule has 0 radical (unpaired) electrons. The number of alkyl halides is 9. The molecule has 0 spiro atoms. The molecule has 0 saturated heterocycles. The summed E-state index contributed by atoms with van der Waals surface area (Å²) < 4.78 is 119. The lowest BCUT2D eigenvalue weighted by Crippen LogP contribution is -2.53. The van der Waals surface area contributed by atoms with Gasteiger partial charge in [-0.1, -0.05) is 5.92 Å². The Hall–Kier alpha value is -1.72.